The van der Waals surface area contributed by atoms with Crippen molar-refractivity contribution in [2.24, 2.45) is 0 Å². The van der Waals surface area contributed by atoms with Crippen LogP contribution in [0, 0.1) is 3.57 Å². The van der Waals surface area contributed by atoms with Crippen LogP contribution >= 0.6 is 22.6 Å². The monoisotopic (exact) mass is 360 g/mol. The lowest BCUT2D eigenvalue weighted by Crippen LogP contribution is -2.49. The normalized spacial score (nSPS) is 22.6. The molecule has 1 spiro atoms. The maximum Gasteiger partial charge on any atom is 0.186 e. The van der Waals surface area contributed by atoms with Gasteiger partial charge in [0.1, 0.15) is 0 Å². The molecule has 2 aliphatic rings. The molecular formula is C13H17IN2O2. The van der Waals surface area contributed by atoms with Crippen LogP contribution in [0.2, 0.25) is 0 Å². The van der Waals surface area contributed by atoms with Crippen molar-refractivity contribution in [2.75, 3.05) is 36.9 Å². The van der Waals surface area contributed by atoms with Crippen LogP contribution in [-0.4, -0.2) is 32.1 Å². The van der Waals surface area contributed by atoms with Gasteiger partial charge in [0.15, 0.2) is 5.79 Å². The molecular weight excluding hydrogens is 343 g/mol. The van der Waals surface area contributed by atoms with Crippen molar-refractivity contribution in [1.29, 1.82) is 0 Å². The number of ether oxygens (including phenoxy) is 2. The number of anilines is 2. The largest absolute Gasteiger partial charge is 0.399 e. The summed E-state index contributed by atoms with van der Waals surface area (Å²) in [4.78, 5) is 2.34. The molecule has 2 fully saturated rings. The minimum absolute atomic E-state index is 0.372. The van der Waals surface area contributed by atoms with E-state index in [-0.39, 0.29) is 5.79 Å². The Labute approximate surface area is 121 Å². The number of nitrogens with zero attached hydrogens (tertiary/aromatic N) is 1. The van der Waals surface area contributed by atoms with Gasteiger partial charge in [0.25, 0.3) is 0 Å². The summed E-state index contributed by atoms with van der Waals surface area (Å²) in [5.41, 5.74) is 7.83. The van der Waals surface area contributed by atoms with E-state index in [9.17, 15) is 0 Å². The summed E-state index contributed by atoms with van der Waals surface area (Å²) in [6.45, 7) is 3.29. The molecule has 1 aromatic rings. The minimum atomic E-state index is -0.372. The highest BCUT2D eigenvalue weighted by atomic mass is 127. The first-order valence-electron chi connectivity index (χ1n) is 6.26. The summed E-state index contributed by atoms with van der Waals surface area (Å²) in [6.07, 6.45) is 2.09. The number of benzene rings is 1. The highest BCUT2D eigenvalue weighted by Gasteiger charge is 2.41. The van der Waals surface area contributed by atoms with Crippen molar-refractivity contribution in [3.05, 3.63) is 21.8 Å². The molecule has 0 aliphatic carbocycles. The van der Waals surface area contributed by atoms with Crippen LogP contribution in [0.4, 0.5) is 11.4 Å². The van der Waals surface area contributed by atoms with Crippen LogP contribution in [-0.2, 0) is 9.47 Å². The van der Waals surface area contributed by atoms with Gasteiger partial charge in [-0.05, 0) is 47.2 Å². The summed E-state index contributed by atoms with van der Waals surface area (Å²) in [5.74, 6) is -0.372. The van der Waals surface area contributed by atoms with Gasteiger partial charge >= 0.3 is 0 Å². The number of piperidine rings is 1. The average Bonchev–Trinajstić information content (AvgIpc) is 2.77. The first-order valence-corrected chi connectivity index (χ1v) is 7.34. The van der Waals surface area contributed by atoms with E-state index in [1.807, 2.05) is 12.1 Å². The second-order valence-corrected chi connectivity index (χ2v) is 6.01. The Morgan fingerprint density at radius 1 is 1.28 bits per heavy atom. The van der Waals surface area contributed by atoms with Crippen molar-refractivity contribution < 1.29 is 9.47 Å². The Hall–Kier alpha value is -0.530. The fourth-order valence-electron chi connectivity index (χ4n) is 2.71. The lowest BCUT2D eigenvalue weighted by atomic mass is 10.0. The zero-order chi connectivity index (χ0) is 12.6. The van der Waals surface area contributed by atoms with Crippen LogP contribution in [0.3, 0.4) is 0 Å². The molecule has 18 heavy (non-hydrogen) atoms. The van der Waals surface area contributed by atoms with Crippen LogP contribution in [0.5, 0.6) is 0 Å². The fourth-order valence-corrected chi connectivity index (χ4v) is 3.59. The Morgan fingerprint density at radius 2 is 2.06 bits per heavy atom. The molecule has 2 aliphatic heterocycles. The predicted molar refractivity (Wildman–Crippen MR) is 79.7 cm³/mol. The molecule has 1 aromatic carbocycles. The molecule has 0 bridgehead atoms. The van der Waals surface area contributed by atoms with Gasteiger partial charge in [-0.25, -0.2) is 0 Å². The number of rotatable bonds is 1. The summed E-state index contributed by atoms with van der Waals surface area (Å²) < 4.78 is 12.8. The van der Waals surface area contributed by atoms with Crippen LogP contribution in [0.15, 0.2) is 18.2 Å². The van der Waals surface area contributed by atoms with E-state index in [0.29, 0.717) is 13.2 Å². The van der Waals surface area contributed by atoms with Gasteiger partial charge in [0, 0.05) is 22.2 Å². The Balaban J connectivity index is 1.83. The SMILES string of the molecule is Nc1ccc(N2CCCC3(C2)OCCO3)c(I)c1. The molecule has 5 heteroatoms. The van der Waals surface area contributed by atoms with E-state index in [1.165, 1.54) is 9.26 Å². The maximum absolute atomic E-state index is 5.81. The second kappa shape index (κ2) is 4.86. The Morgan fingerprint density at radius 3 is 2.78 bits per heavy atom. The highest BCUT2D eigenvalue weighted by molar-refractivity contribution is 14.1. The van der Waals surface area contributed by atoms with Gasteiger partial charge < -0.3 is 20.1 Å². The maximum atomic E-state index is 5.81. The quantitative estimate of drug-likeness (QED) is 0.616. The molecule has 0 aromatic heterocycles. The standard InChI is InChI=1S/C13H17IN2O2/c14-11-8-10(15)2-3-12(11)16-5-1-4-13(9-16)17-6-7-18-13/h2-3,8H,1,4-7,9,15H2. The van der Waals surface area contributed by atoms with Crippen molar-refractivity contribution in [3.63, 3.8) is 0 Å². The zero-order valence-electron chi connectivity index (χ0n) is 10.2. The van der Waals surface area contributed by atoms with Crippen molar-refractivity contribution >= 4 is 34.0 Å². The molecule has 98 valence electrons. The van der Waals surface area contributed by atoms with Crippen molar-refractivity contribution in [1.82, 2.24) is 0 Å². The number of halogens is 1. The van der Waals surface area contributed by atoms with E-state index in [0.717, 1.165) is 31.6 Å². The number of hydrogen-bond acceptors (Lipinski definition) is 4. The molecule has 2 N–H and O–H groups in total. The second-order valence-electron chi connectivity index (χ2n) is 4.84. The lowest BCUT2D eigenvalue weighted by molar-refractivity contribution is -0.161. The number of nitrogen functional groups attached to an aromatic ring is 1. The summed E-state index contributed by atoms with van der Waals surface area (Å²) in [7, 11) is 0. The van der Waals surface area contributed by atoms with E-state index in [2.05, 4.69) is 33.6 Å². The summed E-state index contributed by atoms with van der Waals surface area (Å²) >= 11 is 2.34. The third-order valence-electron chi connectivity index (χ3n) is 3.54. The third kappa shape index (κ3) is 2.31. The van der Waals surface area contributed by atoms with Crippen LogP contribution in [0.1, 0.15) is 12.8 Å². The number of hydrogen-bond donors (Lipinski definition) is 1. The van der Waals surface area contributed by atoms with E-state index in [1.54, 1.807) is 0 Å². The third-order valence-corrected chi connectivity index (χ3v) is 4.41. The van der Waals surface area contributed by atoms with Crippen LogP contribution in [0.25, 0.3) is 0 Å². The molecule has 3 rings (SSSR count). The molecule has 2 heterocycles. The molecule has 0 amide bonds. The van der Waals surface area contributed by atoms with Crippen molar-refractivity contribution in [2.45, 2.75) is 18.6 Å². The molecule has 0 atom stereocenters. The van der Waals surface area contributed by atoms with Gasteiger partial charge in [-0.2, -0.15) is 0 Å². The highest BCUT2D eigenvalue weighted by Crippen LogP contribution is 2.34. The molecule has 0 unspecified atom stereocenters. The first kappa shape index (κ1) is 12.5. The van der Waals surface area contributed by atoms with E-state index >= 15 is 0 Å². The van der Waals surface area contributed by atoms with Gasteiger partial charge in [-0.3, -0.25) is 0 Å². The zero-order valence-corrected chi connectivity index (χ0v) is 12.4. The topological polar surface area (TPSA) is 47.7 Å². The molecule has 0 radical (unpaired) electrons. The Bertz CT molecular complexity index is 447. The van der Waals surface area contributed by atoms with Gasteiger partial charge in [-0.1, -0.05) is 0 Å². The molecule has 2 saturated heterocycles. The van der Waals surface area contributed by atoms with E-state index in [4.69, 9.17) is 15.2 Å². The van der Waals surface area contributed by atoms with E-state index < -0.39 is 0 Å². The molecule has 4 nitrogen and oxygen atoms in total. The van der Waals surface area contributed by atoms with Crippen LogP contribution < -0.4 is 10.6 Å². The van der Waals surface area contributed by atoms with Gasteiger partial charge in [0.05, 0.1) is 25.4 Å². The smallest absolute Gasteiger partial charge is 0.186 e. The first-order chi connectivity index (χ1) is 8.69. The lowest BCUT2D eigenvalue weighted by Gasteiger charge is -2.40. The number of nitrogens with two attached hydrogens (primary N) is 1. The summed E-state index contributed by atoms with van der Waals surface area (Å²) in [6, 6.07) is 6.05. The van der Waals surface area contributed by atoms with Gasteiger partial charge in [-0.15, -0.1) is 0 Å². The molecule has 0 saturated carbocycles. The Kier molecular flexibility index (Phi) is 3.38. The summed E-state index contributed by atoms with van der Waals surface area (Å²) in [5, 5.41) is 0. The van der Waals surface area contributed by atoms with Crippen molar-refractivity contribution in [3.8, 4) is 0 Å². The fraction of sp³-hybridized carbons (Fsp3) is 0.538. The minimum Gasteiger partial charge on any atom is -0.399 e. The predicted octanol–water partition coefficient (Wildman–Crippen LogP) is 2.22. The van der Waals surface area contributed by atoms with Gasteiger partial charge in [0.2, 0.25) is 0 Å². The average molecular weight is 360 g/mol.